The van der Waals surface area contributed by atoms with Crippen LogP contribution in [0, 0.1) is 5.21 Å². The van der Waals surface area contributed by atoms with Crippen LogP contribution in [0.5, 0.6) is 11.5 Å². The van der Waals surface area contributed by atoms with Gasteiger partial charge >= 0.3 is 0 Å². The van der Waals surface area contributed by atoms with Gasteiger partial charge in [-0.25, -0.2) is 19.9 Å². The minimum absolute atomic E-state index is 0.0967. The van der Waals surface area contributed by atoms with Gasteiger partial charge in [0.1, 0.15) is 23.1 Å². The number of rotatable bonds is 10. The van der Waals surface area contributed by atoms with Gasteiger partial charge in [0, 0.05) is 88.5 Å². The molecule has 0 N–H and O–H groups in total. The number of nitrogens with zero attached hydrogens (tertiary/aromatic N) is 10. The third-order valence-corrected chi connectivity index (χ3v) is 11.5. The Labute approximate surface area is 375 Å². The minimum Gasteiger partial charge on any atom is -0.618 e. The molecular formula is C50H46N10O5. The van der Waals surface area contributed by atoms with Gasteiger partial charge in [-0.2, -0.15) is 4.73 Å². The molecule has 10 rings (SSSR count). The first-order valence-corrected chi connectivity index (χ1v) is 21.4. The molecule has 2 aliphatic heterocycles. The number of fused-ring (bicyclic) bond motifs is 6. The highest BCUT2D eigenvalue weighted by Crippen LogP contribution is 2.39. The zero-order valence-corrected chi connectivity index (χ0v) is 36.5. The van der Waals surface area contributed by atoms with Crippen molar-refractivity contribution in [3.05, 3.63) is 162 Å². The molecule has 0 radical (unpaired) electrons. The highest BCUT2D eigenvalue weighted by atomic mass is 16.5. The summed E-state index contributed by atoms with van der Waals surface area (Å²) in [7, 11) is 3.53. The van der Waals surface area contributed by atoms with Crippen LogP contribution in [0.4, 0.5) is 34.6 Å². The number of aromatic nitrogens is 6. The van der Waals surface area contributed by atoms with Gasteiger partial charge in [-0.15, -0.1) is 0 Å². The molecule has 0 unspecified atom stereocenters. The average molecular weight is 867 g/mol. The van der Waals surface area contributed by atoms with E-state index in [0.717, 1.165) is 55.1 Å². The number of para-hydroxylation sites is 2. The Hall–Kier alpha value is -8.20. The van der Waals surface area contributed by atoms with Crippen molar-refractivity contribution in [3.63, 3.8) is 0 Å². The highest BCUT2D eigenvalue weighted by molar-refractivity contribution is 6.13. The van der Waals surface area contributed by atoms with E-state index in [1.54, 1.807) is 60.8 Å². The number of anilines is 6. The summed E-state index contributed by atoms with van der Waals surface area (Å²) in [5.74, 6) is 3.91. The Morgan fingerprint density at radius 3 is 1.66 bits per heavy atom. The summed E-state index contributed by atoms with van der Waals surface area (Å²) in [4.78, 5) is 56.4. The second-order valence-electron chi connectivity index (χ2n) is 15.4. The topological polar surface area (TPSA) is 157 Å². The first-order chi connectivity index (χ1) is 31.7. The molecule has 326 valence electrons. The minimum atomic E-state index is -0.125. The molecule has 8 heterocycles. The van der Waals surface area contributed by atoms with Crippen molar-refractivity contribution in [2.24, 2.45) is 0 Å². The molecule has 0 spiro atoms. The second-order valence-corrected chi connectivity index (χ2v) is 15.4. The van der Waals surface area contributed by atoms with Crippen LogP contribution in [0.3, 0.4) is 0 Å². The summed E-state index contributed by atoms with van der Waals surface area (Å²) in [5.41, 5.74) is 5.92. The predicted molar refractivity (Wildman–Crippen MR) is 251 cm³/mol. The molecule has 2 aliphatic rings. The van der Waals surface area contributed by atoms with Crippen LogP contribution in [0.2, 0.25) is 0 Å². The molecule has 6 aromatic heterocycles. The smallest absolute Gasteiger partial charge is 0.261 e. The number of carbonyl (C=O) groups excluding carboxylic acids is 2. The van der Waals surface area contributed by atoms with E-state index >= 15 is 0 Å². The monoisotopic (exact) mass is 866 g/mol. The zero-order valence-electron chi connectivity index (χ0n) is 36.5. The largest absolute Gasteiger partial charge is 0.618 e. The molecule has 15 heteroatoms. The Balaban J connectivity index is 0.000000164. The number of amides is 2. The van der Waals surface area contributed by atoms with Crippen molar-refractivity contribution in [2.45, 2.75) is 26.7 Å². The van der Waals surface area contributed by atoms with Gasteiger partial charge in [-0.1, -0.05) is 24.3 Å². The number of benzene rings is 2. The fraction of sp³-hybridized carbons (Fsp3) is 0.200. The lowest BCUT2D eigenvalue weighted by atomic mass is 10.1. The SMILES string of the molecule is CCN1c2ncc(CCOc3cc[n+]([O-])c4ccccc34)cc2C(=O)N(C)c2cccnc21.CCN1c2ncc(CCOc3ccnc4ccccc34)cc2C(=O)N(C)c2cccnc21. The molecule has 2 amide bonds. The van der Waals surface area contributed by atoms with E-state index in [-0.39, 0.29) is 11.8 Å². The summed E-state index contributed by atoms with van der Waals surface area (Å²) >= 11 is 0. The molecule has 8 aromatic rings. The van der Waals surface area contributed by atoms with Crippen LogP contribution < -0.4 is 33.8 Å². The van der Waals surface area contributed by atoms with E-state index in [4.69, 9.17) is 9.47 Å². The zero-order chi connectivity index (χ0) is 45.0. The lowest BCUT2D eigenvalue weighted by Gasteiger charge is -2.22. The maximum Gasteiger partial charge on any atom is 0.261 e. The number of pyridine rings is 6. The summed E-state index contributed by atoms with van der Waals surface area (Å²) in [6, 6.07) is 30.0. The lowest BCUT2D eigenvalue weighted by molar-refractivity contribution is -0.577. The maximum absolute atomic E-state index is 13.3. The number of hydrogen-bond donors (Lipinski definition) is 0. The van der Waals surface area contributed by atoms with Gasteiger partial charge < -0.3 is 34.3 Å². The standard InChI is InChI=1S/C25H23N5O3.C25H23N5O2/c1-3-29-23-19(25(31)28(2)21-9-6-12-26-24(21)29)15-17(16-27-23)11-14-33-22-10-13-30(32)20-8-5-4-7-18(20)22;1-3-30-23-19(25(31)29(2)21-9-6-12-27-24(21)30)15-17(16-28-23)11-14-32-22-10-13-26-20-8-5-4-7-18(20)22/h4-10,12-13,15-16H,3,11,14H2,1-2H3;4-10,12-13,15-16H,3,11,14H2,1-2H3. The Bertz CT molecular complexity index is 3070. The maximum atomic E-state index is 13.3. The van der Waals surface area contributed by atoms with E-state index in [0.29, 0.717) is 79.0 Å². The molecule has 15 nitrogen and oxygen atoms in total. The van der Waals surface area contributed by atoms with E-state index in [9.17, 15) is 14.8 Å². The van der Waals surface area contributed by atoms with E-state index in [1.165, 1.54) is 6.20 Å². The van der Waals surface area contributed by atoms with Crippen LogP contribution in [0.1, 0.15) is 45.7 Å². The van der Waals surface area contributed by atoms with Crippen LogP contribution in [-0.2, 0) is 12.8 Å². The Morgan fingerprint density at radius 1 is 0.569 bits per heavy atom. The fourth-order valence-electron chi connectivity index (χ4n) is 8.18. The molecule has 0 aliphatic carbocycles. The fourth-order valence-corrected chi connectivity index (χ4v) is 8.18. The molecule has 0 saturated carbocycles. The van der Waals surface area contributed by atoms with Gasteiger partial charge in [0.2, 0.25) is 5.52 Å². The van der Waals surface area contributed by atoms with E-state index in [1.807, 2.05) is 115 Å². The second kappa shape index (κ2) is 18.3. The van der Waals surface area contributed by atoms with Gasteiger partial charge in [-0.3, -0.25) is 14.6 Å². The van der Waals surface area contributed by atoms with E-state index < -0.39 is 0 Å². The van der Waals surface area contributed by atoms with Crippen molar-refractivity contribution in [1.82, 2.24) is 24.9 Å². The number of carbonyl (C=O) groups is 2. The molecule has 0 fully saturated rings. The summed E-state index contributed by atoms with van der Waals surface area (Å²) in [5, 5.41) is 13.7. The predicted octanol–water partition coefficient (Wildman–Crippen LogP) is 8.03. The quantitative estimate of drug-likeness (QED) is 0.0965. The van der Waals surface area contributed by atoms with Crippen LogP contribution in [0.15, 0.2) is 134 Å². The van der Waals surface area contributed by atoms with Gasteiger partial charge in [0.05, 0.1) is 46.6 Å². The summed E-state index contributed by atoms with van der Waals surface area (Å²) < 4.78 is 12.9. The number of hydrogen-bond acceptors (Lipinski definition) is 12. The normalized spacial score (nSPS) is 13.0. The average Bonchev–Trinajstić information content (AvgIpc) is 3.49. The van der Waals surface area contributed by atoms with Gasteiger partial charge in [0.15, 0.2) is 17.8 Å². The molecule has 2 aromatic carbocycles. The highest BCUT2D eigenvalue weighted by Gasteiger charge is 2.32. The molecular weight excluding hydrogens is 821 g/mol. The van der Waals surface area contributed by atoms with Crippen LogP contribution >= 0.6 is 0 Å². The molecule has 65 heavy (non-hydrogen) atoms. The third-order valence-electron chi connectivity index (χ3n) is 11.5. The first kappa shape index (κ1) is 42.1. The van der Waals surface area contributed by atoms with E-state index in [2.05, 4.69) is 24.9 Å². The van der Waals surface area contributed by atoms with Crippen molar-refractivity contribution in [3.8, 4) is 11.5 Å². The van der Waals surface area contributed by atoms with Gasteiger partial charge in [-0.05, 0) is 85.6 Å². The van der Waals surface area contributed by atoms with Crippen molar-refractivity contribution in [2.75, 3.05) is 60.0 Å². The first-order valence-electron chi connectivity index (χ1n) is 21.4. The lowest BCUT2D eigenvalue weighted by Crippen LogP contribution is -2.26. The number of ether oxygens (including phenoxy) is 2. The summed E-state index contributed by atoms with van der Waals surface area (Å²) in [6.45, 7) is 6.18. The third kappa shape index (κ3) is 8.15. The summed E-state index contributed by atoms with van der Waals surface area (Å²) in [6.07, 6.45) is 11.4. The van der Waals surface area contributed by atoms with Crippen LogP contribution in [-0.4, -0.2) is 77.1 Å². The van der Waals surface area contributed by atoms with Gasteiger partial charge in [0.25, 0.3) is 11.8 Å². The molecule has 0 atom stereocenters. The molecule has 0 bridgehead atoms. The van der Waals surface area contributed by atoms with Crippen molar-refractivity contribution in [1.29, 1.82) is 0 Å². The Morgan fingerprint density at radius 2 is 1.09 bits per heavy atom. The van der Waals surface area contributed by atoms with Crippen molar-refractivity contribution < 1.29 is 23.8 Å². The van der Waals surface area contributed by atoms with Crippen molar-refractivity contribution >= 4 is 68.3 Å². The molecule has 0 saturated heterocycles. The van der Waals surface area contributed by atoms with Crippen LogP contribution in [0.25, 0.3) is 21.8 Å². The Kier molecular flexibility index (Phi) is 11.8.